The molecule has 1 unspecified atom stereocenters. The maximum absolute atomic E-state index is 12.6. The first-order valence-electron chi connectivity index (χ1n) is 21.6. The number of allylic oxidation sites excluding steroid dienone is 7. The van der Waals surface area contributed by atoms with Crippen LogP contribution in [0.15, 0.2) is 53.0 Å². The molecular formula is C45H76NO10P. The Morgan fingerprint density at radius 2 is 1.37 bits per heavy atom. The minimum Gasteiger partial charge on any atom is -0.466 e. The van der Waals surface area contributed by atoms with Crippen molar-refractivity contribution in [2.75, 3.05) is 26.4 Å². The van der Waals surface area contributed by atoms with Gasteiger partial charge in [0.15, 0.2) is 6.10 Å². The van der Waals surface area contributed by atoms with Crippen LogP contribution in [0.25, 0.3) is 0 Å². The normalized spacial score (nSPS) is 14.3. The zero-order chi connectivity index (χ0) is 42.0. The Labute approximate surface area is 344 Å². The van der Waals surface area contributed by atoms with Crippen molar-refractivity contribution < 1.29 is 47.1 Å². The van der Waals surface area contributed by atoms with Gasteiger partial charge in [0.1, 0.15) is 18.1 Å². The SMILES string of the molecule is CCCCC[C@H](O)/C=C/C=C\C/C=C\C/C=C\CCCC(=O)O[C@H](COC(=O)CCCCCCCCCCc1oc(CCC)c(C)c1C)COP(=O)(O)OCCN. The third-order valence-electron chi connectivity index (χ3n) is 9.49. The number of carbonyl (C=O) groups excluding carboxylic acids is 2. The molecule has 0 bridgehead atoms. The van der Waals surface area contributed by atoms with Crippen LogP contribution in [0.4, 0.5) is 0 Å². The number of aliphatic hydroxyl groups excluding tert-OH is 1. The average molecular weight is 822 g/mol. The number of phosphoric ester groups is 1. The molecule has 1 heterocycles. The molecule has 3 atom stereocenters. The number of ether oxygens (including phenoxy) is 2. The summed E-state index contributed by atoms with van der Waals surface area (Å²) < 4.78 is 38.8. The Bertz CT molecular complexity index is 1370. The lowest BCUT2D eigenvalue weighted by Gasteiger charge is -2.19. The molecule has 0 saturated heterocycles. The number of hydrogen-bond donors (Lipinski definition) is 3. The maximum Gasteiger partial charge on any atom is 0.472 e. The Hall–Kier alpha value is -2.79. The van der Waals surface area contributed by atoms with Gasteiger partial charge in [0.2, 0.25) is 0 Å². The summed E-state index contributed by atoms with van der Waals surface area (Å²) in [5.74, 6) is 1.34. The molecular weight excluding hydrogens is 745 g/mol. The molecule has 1 aromatic rings. The third kappa shape index (κ3) is 28.3. The van der Waals surface area contributed by atoms with Crippen LogP contribution < -0.4 is 5.73 Å². The highest BCUT2D eigenvalue weighted by Crippen LogP contribution is 2.43. The molecule has 0 aromatic carbocycles. The molecule has 11 nitrogen and oxygen atoms in total. The largest absolute Gasteiger partial charge is 0.472 e. The van der Waals surface area contributed by atoms with Crippen LogP contribution >= 0.6 is 7.82 Å². The quantitative estimate of drug-likeness (QED) is 0.0194. The van der Waals surface area contributed by atoms with Crippen LogP contribution in [-0.4, -0.2) is 60.5 Å². The van der Waals surface area contributed by atoms with Crippen molar-refractivity contribution >= 4 is 19.8 Å². The lowest BCUT2D eigenvalue weighted by atomic mass is 10.0. The molecule has 0 spiro atoms. The molecule has 1 aromatic heterocycles. The van der Waals surface area contributed by atoms with Crippen molar-refractivity contribution in [3.8, 4) is 0 Å². The van der Waals surface area contributed by atoms with Gasteiger partial charge in [-0.05, 0) is 76.3 Å². The molecule has 0 saturated carbocycles. The van der Waals surface area contributed by atoms with E-state index in [-0.39, 0.29) is 38.7 Å². The highest BCUT2D eigenvalue weighted by molar-refractivity contribution is 7.47. The van der Waals surface area contributed by atoms with E-state index in [1.165, 1.54) is 24.0 Å². The fraction of sp³-hybridized carbons (Fsp3) is 0.689. The first-order chi connectivity index (χ1) is 27.5. The van der Waals surface area contributed by atoms with Gasteiger partial charge in [-0.1, -0.05) is 120 Å². The Balaban J connectivity index is 2.30. The van der Waals surface area contributed by atoms with Gasteiger partial charge in [-0.2, -0.15) is 0 Å². The van der Waals surface area contributed by atoms with E-state index in [2.05, 4.69) is 39.8 Å². The predicted molar refractivity (Wildman–Crippen MR) is 229 cm³/mol. The van der Waals surface area contributed by atoms with E-state index in [1.54, 1.807) is 0 Å². The van der Waals surface area contributed by atoms with Crippen LogP contribution in [0.1, 0.15) is 158 Å². The Morgan fingerprint density at radius 1 is 0.737 bits per heavy atom. The molecule has 0 aliphatic heterocycles. The number of rotatable bonds is 36. The van der Waals surface area contributed by atoms with Gasteiger partial charge in [0.05, 0.1) is 19.3 Å². The van der Waals surface area contributed by atoms with E-state index >= 15 is 0 Å². The molecule has 0 amide bonds. The summed E-state index contributed by atoms with van der Waals surface area (Å²) in [5.41, 5.74) is 7.96. The van der Waals surface area contributed by atoms with Gasteiger partial charge in [0.25, 0.3) is 0 Å². The molecule has 4 N–H and O–H groups in total. The van der Waals surface area contributed by atoms with E-state index < -0.39 is 32.5 Å². The first-order valence-corrected chi connectivity index (χ1v) is 23.1. The van der Waals surface area contributed by atoms with E-state index in [0.29, 0.717) is 19.3 Å². The van der Waals surface area contributed by atoms with Crippen LogP contribution in [0, 0.1) is 13.8 Å². The molecule has 0 radical (unpaired) electrons. The monoisotopic (exact) mass is 822 g/mol. The summed E-state index contributed by atoms with van der Waals surface area (Å²) in [6.07, 6.45) is 33.2. The molecule has 57 heavy (non-hydrogen) atoms. The number of carbonyl (C=O) groups is 2. The minimum atomic E-state index is -4.42. The smallest absolute Gasteiger partial charge is 0.466 e. The number of aliphatic hydroxyl groups is 1. The maximum atomic E-state index is 12.6. The van der Waals surface area contributed by atoms with E-state index in [0.717, 1.165) is 101 Å². The van der Waals surface area contributed by atoms with Crippen molar-refractivity contribution in [3.05, 3.63) is 71.3 Å². The van der Waals surface area contributed by atoms with Gasteiger partial charge in [-0.25, -0.2) is 4.57 Å². The van der Waals surface area contributed by atoms with Crippen LogP contribution in [0.2, 0.25) is 0 Å². The highest BCUT2D eigenvalue weighted by Gasteiger charge is 2.26. The minimum absolute atomic E-state index is 0.0293. The second-order valence-electron chi connectivity index (χ2n) is 14.6. The van der Waals surface area contributed by atoms with E-state index in [4.69, 9.17) is 28.7 Å². The number of aryl methyl sites for hydroxylation is 2. The van der Waals surface area contributed by atoms with Gasteiger partial charge in [-0.3, -0.25) is 18.6 Å². The number of furan rings is 1. The number of hydrogen-bond acceptors (Lipinski definition) is 10. The zero-order valence-corrected chi connectivity index (χ0v) is 36.5. The lowest BCUT2D eigenvalue weighted by molar-refractivity contribution is -0.161. The fourth-order valence-corrected chi connectivity index (χ4v) is 6.78. The van der Waals surface area contributed by atoms with Gasteiger partial charge < -0.3 is 29.6 Å². The van der Waals surface area contributed by atoms with Crippen molar-refractivity contribution in [2.24, 2.45) is 5.73 Å². The average Bonchev–Trinajstić information content (AvgIpc) is 3.45. The second-order valence-corrected chi connectivity index (χ2v) is 16.1. The molecule has 0 aliphatic rings. The van der Waals surface area contributed by atoms with Gasteiger partial charge >= 0.3 is 19.8 Å². The van der Waals surface area contributed by atoms with Gasteiger partial charge in [0, 0.05) is 32.2 Å². The highest BCUT2D eigenvalue weighted by atomic mass is 31.2. The van der Waals surface area contributed by atoms with Crippen molar-refractivity contribution in [2.45, 2.75) is 175 Å². The Morgan fingerprint density at radius 3 is 2.05 bits per heavy atom. The Kier molecular flexibility index (Phi) is 31.3. The fourth-order valence-electron chi connectivity index (χ4n) is 6.02. The molecule has 0 fully saturated rings. The van der Waals surface area contributed by atoms with E-state index in [9.17, 15) is 24.2 Å². The molecule has 12 heteroatoms. The summed E-state index contributed by atoms with van der Waals surface area (Å²) in [7, 11) is -4.42. The summed E-state index contributed by atoms with van der Waals surface area (Å²) >= 11 is 0. The predicted octanol–water partition coefficient (Wildman–Crippen LogP) is 10.6. The summed E-state index contributed by atoms with van der Waals surface area (Å²) in [6, 6.07) is 0. The van der Waals surface area contributed by atoms with Crippen LogP contribution in [0.3, 0.4) is 0 Å². The van der Waals surface area contributed by atoms with E-state index in [1.807, 2.05) is 36.5 Å². The van der Waals surface area contributed by atoms with Crippen LogP contribution in [-0.2, 0) is 45.5 Å². The van der Waals surface area contributed by atoms with Gasteiger partial charge in [-0.15, -0.1) is 0 Å². The second kappa shape index (κ2) is 34.1. The van der Waals surface area contributed by atoms with Crippen LogP contribution in [0.5, 0.6) is 0 Å². The number of esters is 2. The van der Waals surface area contributed by atoms with Crippen molar-refractivity contribution in [1.29, 1.82) is 0 Å². The number of nitrogens with two attached hydrogens (primary N) is 1. The summed E-state index contributed by atoms with van der Waals surface area (Å²) in [5, 5.41) is 9.90. The van der Waals surface area contributed by atoms with Crippen molar-refractivity contribution in [3.63, 3.8) is 0 Å². The topological polar surface area (TPSA) is 168 Å². The third-order valence-corrected chi connectivity index (χ3v) is 10.5. The lowest BCUT2D eigenvalue weighted by Crippen LogP contribution is -2.29. The van der Waals surface area contributed by atoms with Crippen molar-refractivity contribution in [1.82, 2.24) is 0 Å². The molecule has 326 valence electrons. The zero-order valence-electron chi connectivity index (χ0n) is 35.6. The summed E-state index contributed by atoms with van der Waals surface area (Å²) in [6.45, 7) is 7.72. The first kappa shape index (κ1) is 52.2. The molecule has 1 rings (SSSR count). The summed E-state index contributed by atoms with van der Waals surface area (Å²) in [4.78, 5) is 34.9. The molecule has 0 aliphatic carbocycles. The number of phosphoric acid groups is 1. The number of unbranched alkanes of at least 4 members (excludes halogenated alkanes) is 10. The standard InChI is InChI=1S/C45H76NO10P/c1-5-7-23-29-40(47)30-24-19-15-11-9-8-10-12-18-22-27-33-45(49)55-41(37-54-57(50,51)53-35-34-46)36-52-44(48)32-26-21-17-14-13-16-20-25-31-43-39(4)38(3)42(56-43)28-6-2/h8-9,12,15,18-19,24,30,40-41,47H,5-7,10-11,13-14,16-17,20-23,25-29,31-37,46H2,1-4H3,(H,50,51)/b9-8-,18-12-,19-15-,30-24+/t40-,41+/m0/s1.